The summed E-state index contributed by atoms with van der Waals surface area (Å²) in [7, 11) is 0. The summed E-state index contributed by atoms with van der Waals surface area (Å²) >= 11 is 0. The summed E-state index contributed by atoms with van der Waals surface area (Å²) in [6.07, 6.45) is 1.63. The third-order valence-electron chi connectivity index (χ3n) is 4.38. The zero-order chi connectivity index (χ0) is 15.6. The van der Waals surface area contributed by atoms with Crippen molar-refractivity contribution in [1.82, 2.24) is 10.1 Å². The number of hydrogen-bond acceptors (Lipinski definition) is 5. The Hall–Kier alpha value is -2.37. The molecule has 1 aliphatic heterocycles. The molecular weight excluding hydrogens is 290 g/mol. The number of hydrogen-bond donors (Lipinski definition) is 1. The maximum atomic E-state index is 6.34. The van der Waals surface area contributed by atoms with Crippen molar-refractivity contribution in [1.29, 1.82) is 0 Å². The largest absolute Gasteiger partial charge is 0.461 e. The highest BCUT2D eigenvalue weighted by Crippen LogP contribution is 2.28. The van der Waals surface area contributed by atoms with E-state index >= 15 is 0 Å². The van der Waals surface area contributed by atoms with Crippen LogP contribution in [0.15, 0.2) is 63.7 Å². The lowest BCUT2D eigenvalue weighted by atomic mass is 9.95. The molecule has 1 fully saturated rings. The molecule has 0 spiro atoms. The van der Waals surface area contributed by atoms with Crippen molar-refractivity contribution < 1.29 is 8.94 Å². The molecule has 4 rings (SSSR count). The van der Waals surface area contributed by atoms with E-state index in [9.17, 15) is 0 Å². The van der Waals surface area contributed by atoms with Gasteiger partial charge < -0.3 is 14.7 Å². The minimum Gasteiger partial charge on any atom is -0.461 e. The van der Waals surface area contributed by atoms with Crippen LogP contribution in [0.4, 0.5) is 0 Å². The second kappa shape index (κ2) is 6.02. The van der Waals surface area contributed by atoms with E-state index in [1.807, 2.05) is 24.3 Å². The predicted molar refractivity (Wildman–Crippen MR) is 86.6 cm³/mol. The maximum absolute atomic E-state index is 6.34. The third-order valence-corrected chi connectivity index (χ3v) is 4.38. The van der Waals surface area contributed by atoms with Crippen LogP contribution >= 0.6 is 0 Å². The molecule has 0 saturated carbocycles. The molecule has 3 heterocycles. The highest BCUT2D eigenvalue weighted by molar-refractivity contribution is 5.49. The first-order chi connectivity index (χ1) is 11.3. The molecule has 0 bridgehead atoms. The number of likely N-dealkylation sites (tertiary alicyclic amines) is 1. The van der Waals surface area contributed by atoms with Gasteiger partial charge in [0.2, 0.25) is 5.76 Å². The lowest BCUT2D eigenvalue weighted by molar-refractivity contribution is 0.308. The second-order valence-electron chi connectivity index (χ2n) is 6.03. The van der Waals surface area contributed by atoms with Crippen LogP contribution in [-0.2, 0) is 6.54 Å². The summed E-state index contributed by atoms with van der Waals surface area (Å²) < 4.78 is 10.7. The van der Waals surface area contributed by atoms with E-state index in [2.05, 4.69) is 34.3 Å². The zero-order valence-electron chi connectivity index (χ0n) is 12.8. The summed E-state index contributed by atoms with van der Waals surface area (Å²) in [5, 5.41) is 4.14. The summed E-state index contributed by atoms with van der Waals surface area (Å²) in [4.78, 5) is 2.33. The fourth-order valence-electron chi connectivity index (χ4n) is 3.25. The van der Waals surface area contributed by atoms with Crippen LogP contribution in [0.3, 0.4) is 0 Å². The number of furan rings is 1. The zero-order valence-corrected chi connectivity index (χ0v) is 12.8. The monoisotopic (exact) mass is 309 g/mol. The molecule has 5 heteroatoms. The summed E-state index contributed by atoms with van der Waals surface area (Å²) in [5.74, 6) is 1.73. The first-order valence-corrected chi connectivity index (χ1v) is 7.82. The van der Waals surface area contributed by atoms with Crippen molar-refractivity contribution in [2.24, 2.45) is 5.73 Å². The summed E-state index contributed by atoms with van der Waals surface area (Å²) in [5.41, 5.74) is 8.54. The average molecular weight is 309 g/mol. The molecule has 2 atom stereocenters. The van der Waals surface area contributed by atoms with E-state index < -0.39 is 0 Å². The van der Waals surface area contributed by atoms with Crippen LogP contribution in [0, 0.1) is 0 Å². The topological polar surface area (TPSA) is 68.4 Å². The Morgan fingerprint density at radius 3 is 2.74 bits per heavy atom. The van der Waals surface area contributed by atoms with E-state index in [1.54, 1.807) is 6.26 Å². The molecule has 0 aliphatic carbocycles. The fourth-order valence-corrected chi connectivity index (χ4v) is 3.25. The molecule has 5 nitrogen and oxygen atoms in total. The number of aromatic nitrogens is 1. The van der Waals surface area contributed by atoms with Gasteiger partial charge in [-0.25, -0.2) is 0 Å². The van der Waals surface area contributed by atoms with Crippen molar-refractivity contribution in [3.05, 3.63) is 66.1 Å². The van der Waals surface area contributed by atoms with Crippen LogP contribution in [0.1, 0.15) is 17.2 Å². The molecule has 0 amide bonds. The maximum Gasteiger partial charge on any atom is 0.202 e. The quantitative estimate of drug-likeness (QED) is 0.802. The van der Waals surface area contributed by atoms with E-state index in [1.165, 1.54) is 5.56 Å². The second-order valence-corrected chi connectivity index (χ2v) is 6.03. The number of nitrogens with two attached hydrogens (primary N) is 1. The van der Waals surface area contributed by atoms with Crippen molar-refractivity contribution >= 4 is 0 Å². The lowest BCUT2D eigenvalue weighted by Crippen LogP contribution is -2.28. The van der Waals surface area contributed by atoms with Gasteiger partial charge in [0.1, 0.15) is 0 Å². The number of benzene rings is 1. The van der Waals surface area contributed by atoms with Crippen LogP contribution in [-0.4, -0.2) is 29.2 Å². The fraction of sp³-hybridized carbons (Fsp3) is 0.278. The van der Waals surface area contributed by atoms with E-state index in [4.69, 9.17) is 14.7 Å². The van der Waals surface area contributed by atoms with Crippen LogP contribution in [0.25, 0.3) is 11.5 Å². The van der Waals surface area contributed by atoms with Gasteiger partial charge in [-0.3, -0.25) is 4.90 Å². The Bertz CT molecular complexity index is 752. The highest BCUT2D eigenvalue weighted by atomic mass is 16.5. The van der Waals surface area contributed by atoms with Gasteiger partial charge in [0.25, 0.3) is 0 Å². The van der Waals surface area contributed by atoms with Gasteiger partial charge in [0.15, 0.2) is 5.76 Å². The molecular formula is C18H19N3O2. The Morgan fingerprint density at radius 2 is 1.96 bits per heavy atom. The average Bonchev–Trinajstić information content (AvgIpc) is 3.29. The molecule has 1 saturated heterocycles. The van der Waals surface area contributed by atoms with Crippen LogP contribution in [0.2, 0.25) is 0 Å². The van der Waals surface area contributed by atoms with Crippen molar-refractivity contribution in [3.8, 4) is 11.5 Å². The summed E-state index contributed by atoms with van der Waals surface area (Å²) in [6.45, 7) is 2.54. The predicted octanol–water partition coefficient (Wildman–Crippen LogP) is 2.86. The third kappa shape index (κ3) is 2.93. The Balaban J connectivity index is 1.44. The van der Waals surface area contributed by atoms with Crippen molar-refractivity contribution in [3.63, 3.8) is 0 Å². The molecule has 0 radical (unpaired) electrons. The van der Waals surface area contributed by atoms with Crippen LogP contribution in [0.5, 0.6) is 0 Å². The van der Waals surface area contributed by atoms with E-state index in [0.717, 1.165) is 25.3 Å². The first kappa shape index (κ1) is 14.2. The first-order valence-electron chi connectivity index (χ1n) is 7.82. The standard InChI is InChI=1S/C18H19N3O2/c19-16-12-21(11-15(16)13-5-2-1-3-6-13)10-14-9-18(23-20-14)17-7-4-8-22-17/h1-9,15-16H,10-12,19H2/t15-,16+/m0/s1. The molecule has 1 aliphatic rings. The molecule has 0 unspecified atom stereocenters. The molecule has 1 aromatic carbocycles. The van der Waals surface area contributed by atoms with Gasteiger partial charge in [-0.15, -0.1) is 0 Å². The van der Waals surface area contributed by atoms with Gasteiger partial charge in [0.05, 0.1) is 12.0 Å². The van der Waals surface area contributed by atoms with Crippen molar-refractivity contribution in [2.75, 3.05) is 13.1 Å². The Morgan fingerprint density at radius 1 is 1.09 bits per heavy atom. The Kier molecular flexibility index (Phi) is 3.73. The number of nitrogens with zero attached hydrogens (tertiary/aromatic N) is 2. The van der Waals surface area contributed by atoms with Gasteiger partial charge in [-0.05, 0) is 17.7 Å². The number of rotatable bonds is 4. The molecule has 2 aromatic heterocycles. The highest BCUT2D eigenvalue weighted by Gasteiger charge is 2.31. The Labute approximate surface area is 134 Å². The van der Waals surface area contributed by atoms with E-state index in [0.29, 0.717) is 17.4 Å². The van der Waals surface area contributed by atoms with E-state index in [-0.39, 0.29) is 6.04 Å². The van der Waals surface area contributed by atoms with Gasteiger partial charge in [-0.1, -0.05) is 35.5 Å². The normalized spacial score (nSPS) is 21.8. The van der Waals surface area contributed by atoms with Gasteiger partial charge in [0, 0.05) is 37.7 Å². The minimum absolute atomic E-state index is 0.147. The minimum atomic E-state index is 0.147. The smallest absolute Gasteiger partial charge is 0.202 e. The van der Waals surface area contributed by atoms with Crippen LogP contribution < -0.4 is 5.73 Å². The van der Waals surface area contributed by atoms with Gasteiger partial charge in [-0.2, -0.15) is 0 Å². The van der Waals surface area contributed by atoms with Gasteiger partial charge >= 0.3 is 0 Å². The summed E-state index contributed by atoms with van der Waals surface area (Å²) in [6, 6.07) is 16.2. The molecule has 2 N–H and O–H groups in total. The molecule has 118 valence electrons. The SMILES string of the molecule is N[C@@H]1CN(Cc2cc(-c3ccco3)on2)C[C@H]1c1ccccc1. The lowest BCUT2D eigenvalue weighted by Gasteiger charge is -2.14. The molecule has 3 aromatic rings. The van der Waals surface area contributed by atoms with Crippen molar-refractivity contribution in [2.45, 2.75) is 18.5 Å². The molecule has 23 heavy (non-hydrogen) atoms.